The number of H-pyrrole nitrogens is 1. The van der Waals surface area contributed by atoms with E-state index in [-0.39, 0.29) is 17.7 Å². The Balaban J connectivity index is 1.36. The van der Waals surface area contributed by atoms with Crippen molar-refractivity contribution < 1.29 is 9.59 Å². The number of hydrogen-bond donors (Lipinski definition) is 2. The smallest absolute Gasteiger partial charge is 0.267 e. The van der Waals surface area contributed by atoms with Crippen LogP contribution in [0.2, 0.25) is 0 Å². The van der Waals surface area contributed by atoms with Crippen LogP contribution in [-0.4, -0.2) is 50.9 Å². The van der Waals surface area contributed by atoms with Crippen molar-refractivity contribution in [2.24, 2.45) is 5.92 Å². The molecule has 1 fully saturated rings. The highest BCUT2D eigenvalue weighted by Crippen LogP contribution is 2.21. The molecule has 140 valence electrons. The Morgan fingerprint density at radius 3 is 3.00 bits per heavy atom. The van der Waals surface area contributed by atoms with Crippen molar-refractivity contribution in [2.45, 2.75) is 19.8 Å². The summed E-state index contributed by atoms with van der Waals surface area (Å²) in [6.07, 6.45) is 1.93. The Kier molecular flexibility index (Phi) is 4.89. The molecule has 0 saturated carbocycles. The maximum atomic E-state index is 12.7. The number of piperidine rings is 1. The molecule has 0 unspecified atom stereocenters. The number of benzene rings is 1. The first kappa shape index (κ1) is 17.7. The molecule has 1 aromatic carbocycles. The van der Waals surface area contributed by atoms with E-state index in [0.717, 1.165) is 41.8 Å². The lowest BCUT2D eigenvalue weighted by Crippen LogP contribution is -2.43. The van der Waals surface area contributed by atoms with Crippen LogP contribution in [0.4, 0.5) is 0 Å². The normalized spacial score (nSPS) is 17.2. The molecular formula is C19H21N5O2S. The summed E-state index contributed by atoms with van der Waals surface area (Å²) in [7, 11) is 0. The van der Waals surface area contributed by atoms with Crippen LogP contribution < -0.4 is 5.32 Å². The number of hydrogen-bond acceptors (Lipinski definition) is 5. The number of aromatic amines is 1. The van der Waals surface area contributed by atoms with Gasteiger partial charge in [0.1, 0.15) is 10.6 Å². The molecule has 1 saturated heterocycles. The highest BCUT2D eigenvalue weighted by Gasteiger charge is 2.27. The number of aryl methyl sites for hydroxylation is 1. The van der Waals surface area contributed by atoms with Crippen molar-refractivity contribution in [3.05, 3.63) is 46.6 Å². The van der Waals surface area contributed by atoms with Gasteiger partial charge in [-0.2, -0.15) is 0 Å². The second-order valence-electron chi connectivity index (χ2n) is 6.93. The van der Waals surface area contributed by atoms with Crippen molar-refractivity contribution in [3.8, 4) is 0 Å². The van der Waals surface area contributed by atoms with Crippen LogP contribution in [0.25, 0.3) is 10.9 Å². The van der Waals surface area contributed by atoms with Crippen molar-refractivity contribution in [1.82, 2.24) is 24.8 Å². The third-order valence-electron chi connectivity index (χ3n) is 4.98. The Bertz CT molecular complexity index is 946. The SMILES string of the molecule is Cc1nnsc1C(=O)N1CCC[C@H](CNC(=O)c2cc3ccccc3[nH]2)C1. The maximum Gasteiger partial charge on any atom is 0.267 e. The zero-order valence-electron chi connectivity index (χ0n) is 15.1. The van der Waals surface area contributed by atoms with Gasteiger partial charge in [0.05, 0.1) is 5.69 Å². The molecule has 0 radical (unpaired) electrons. The predicted molar refractivity (Wildman–Crippen MR) is 104 cm³/mol. The molecule has 4 rings (SSSR count). The van der Waals surface area contributed by atoms with Gasteiger partial charge in [0.25, 0.3) is 11.8 Å². The summed E-state index contributed by atoms with van der Waals surface area (Å²) in [5.41, 5.74) is 2.19. The molecule has 2 N–H and O–H groups in total. The molecule has 0 bridgehead atoms. The van der Waals surface area contributed by atoms with Gasteiger partial charge in [0, 0.05) is 30.5 Å². The van der Waals surface area contributed by atoms with E-state index in [2.05, 4.69) is 19.9 Å². The fraction of sp³-hybridized carbons (Fsp3) is 0.368. The summed E-state index contributed by atoms with van der Waals surface area (Å²) in [6, 6.07) is 9.68. The van der Waals surface area contributed by atoms with Crippen molar-refractivity contribution in [2.75, 3.05) is 19.6 Å². The second kappa shape index (κ2) is 7.48. The number of nitrogens with zero attached hydrogens (tertiary/aromatic N) is 3. The first-order valence-corrected chi connectivity index (χ1v) is 9.83. The van der Waals surface area contributed by atoms with Gasteiger partial charge in [0.2, 0.25) is 0 Å². The third kappa shape index (κ3) is 3.71. The molecule has 7 nitrogen and oxygen atoms in total. The lowest BCUT2D eigenvalue weighted by Gasteiger charge is -2.32. The minimum absolute atomic E-state index is 0.00542. The molecule has 3 aromatic rings. The van der Waals surface area contributed by atoms with Gasteiger partial charge >= 0.3 is 0 Å². The fourth-order valence-electron chi connectivity index (χ4n) is 3.52. The molecule has 27 heavy (non-hydrogen) atoms. The van der Waals surface area contributed by atoms with Gasteiger partial charge in [-0.15, -0.1) is 5.10 Å². The average molecular weight is 383 g/mol. The first-order valence-electron chi connectivity index (χ1n) is 9.06. The lowest BCUT2D eigenvalue weighted by molar-refractivity contribution is 0.0674. The topological polar surface area (TPSA) is 91.0 Å². The standard InChI is InChI=1S/C19H21N5O2S/c1-12-17(27-23-22-12)19(26)24-8-4-5-13(11-24)10-20-18(25)16-9-14-6-2-3-7-15(14)21-16/h2-3,6-7,9,13,21H,4-5,8,10-11H2,1H3,(H,20,25)/t13-/m1/s1. The van der Waals surface area contributed by atoms with Crippen LogP contribution in [-0.2, 0) is 0 Å². The van der Waals surface area contributed by atoms with E-state index in [1.165, 1.54) is 0 Å². The van der Waals surface area contributed by atoms with E-state index >= 15 is 0 Å². The summed E-state index contributed by atoms with van der Waals surface area (Å²) in [5.74, 6) is 0.128. The fourth-order valence-corrected chi connectivity index (χ4v) is 4.14. The van der Waals surface area contributed by atoms with E-state index in [1.807, 2.05) is 35.2 Å². The molecular weight excluding hydrogens is 362 g/mol. The Morgan fingerprint density at radius 1 is 1.37 bits per heavy atom. The van der Waals surface area contributed by atoms with E-state index in [4.69, 9.17) is 0 Å². The highest BCUT2D eigenvalue weighted by molar-refractivity contribution is 7.07. The van der Waals surface area contributed by atoms with Crippen LogP contribution in [0.5, 0.6) is 0 Å². The number of carbonyl (C=O) groups is 2. The molecule has 0 spiro atoms. The molecule has 2 aromatic heterocycles. The van der Waals surface area contributed by atoms with Gasteiger partial charge in [-0.3, -0.25) is 9.59 Å². The van der Waals surface area contributed by atoms with Crippen LogP contribution in [0.1, 0.15) is 38.7 Å². The monoisotopic (exact) mass is 383 g/mol. The van der Waals surface area contributed by atoms with E-state index < -0.39 is 0 Å². The minimum atomic E-state index is -0.114. The summed E-state index contributed by atoms with van der Waals surface area (Å²) < 4.78 is 3.85. The number of likely N-dealkylation sites (tertiary alicyclic amines) is 1. The summed E-state index contributed by atoms with van der Waals surface area (Å²) in [6.45, 7) is 3.74. The first-order chi connectivity index (χ1) is 13.1. The molecule has 8 heteroatoms. The van der Waals surface area contributed by atoms with Crippen LogP contribution in [0.3, 0.4) is 0 Å². The van der Waals surface area contributed by atoms with Gasteiger partial charge in [-0.1, -0.05) is 22.7 Å². The summed E-state index contributed by atoms with van der Waals surface area (Å²) in [4.78, 5) is 30.7. The zero-order chi connectivity index (χ0) is 18.8. The minimum Gasteiger partial charge on any atom is -0.351 e. The Labute approximate surface area is 160 Å². The predicted octanol–water partition coefficient (Wildman–Crippen LogP) is 2.61. The van der Waals surface area contributed by atoms with Gasteiger partial charge < -0.3 is 15.2 Å². The number of carbonyl (C=O) groups excluding carboxylic acids is 2. The average Bonchev–Trinajstić information content (AvgIpc) is 3.31. The van der Waals surface area contributed by atoms with Crippen LogP contribution in [0.15, 0.2) is 30.3 Å². The van der Waals surface area contributed by atoms with Crippen LogP contribution in [0, 0.1) is 12.8 Å². The zero-order valence-corrected chi connectivity index (χ0v) is 15.9. The molecule has 3 heterocycles. The lowest BCUT2D eigenvalue weighted by atomic mass is 9.97. The van der Waals surface area contributed by atoms with Crippen molar-refractivity contribution in [3.63, 3.8) is 0 Å². The van der Waals surface area contributed by atoms with E-state index in [9.17, 15) is 9.59 Å². The number of para-hydroxylation sites is 1. The number of fused-ring (bicyclic) bond motifs is 1. The van der Waals surface area contributed by atoms with Gasteiger partial charge in [0.15, 0.2) is 0 Å². The Morgan fingerprint density at radius 2 is 2.22 bits per heavy atom. The summed E-state index contributed by atoms with van der Waals surface area (Å²) >= 11 is 1.14. The van der Waals surface area contributed by atoms with Crippen molar-refractivity contribution >= 4 is 34.2 Å². The molecule has 1 aliphatic rings. The molecule has 0 aliphatic carbocycles. The van der Waals surface area contributed by atoms with E-state index in [0.29, 0.717) is 29.4 Å². The second-order valence-corrected chi connectivity index (χ2v) is 7.68. The number of amides is 2. The van der Waals surface area contributed by atoms with Gasteiger partial charge in [-0.05, 0) is 49.3 Å². The largest absolute Gasteiger partial charge is 0.351 e. The summed E-state index contributed by atoms with van der Waals surface area (Å²) in [5, 5.41) is 7.95. The quantitative estimate of drug-likeness (QED) is 0.724. The Hall–Kier alpha value is -2.74. The molecule has 1 aliphatic heterocycles. The van der Waals surface area contributed by atoms with E-state index in [1.54, 1.807) is 6.92 Å². The molecule has 1 atom stereocenters. The molecule has 2 amide bonds. The number of rotatable bonds is 4. The van der Waals surface area contributed by atoms with Crippen LogP contribution >= 0.6 is 11.5 Å². The van der Waals surface area contributed by atoms with Crippen molar-refractivity contribution in [1.29, 1.82) is 0 Å². The van der Waals surface area contributed by atoms with Gasteiger partial charge in [-0.25, -0.2) is 0 Å². The highest BCUT2D eigenvalue weighted by atomic mass is 32.1. The third-order valence-corrected chi connectivity index (χ3v) is 5.79. The number of nitrogens with one attached hydrogen (secondary N) is 2. The maximum absolute atomic E-state index is 12.7. The number of aromatic nitrogens is 3.